The van der Waals surface area contributed by atoms with Crippen molar-refractivity contribution >= 4 is 27.6 Å². The lowest BCUT2D eigenvalue weighted by atomic mass is 9.87. The minimum Gasteiger partial charge on any atom is -0.481 e. The van der Waals surface area contributed by atoms with Crippen molar-refractivity contribution in [3.63, 3.8) is 0 Å². The molecule has 134 valence electrons. The monoisotopic (exact) mass is 383 g/mol. The zero-order chi connectivity index (χ0) is 17.9. The second-order valence-electron chi connectivity index (χ2n) is 5.48. The Kier molecular flexibility index (Phi) is 6.00. The summed E-state index contributed by atoms with van der Waals surface area (Å²) in [5, 5.41) is 9.01. The minimum absolute atomic E-state index is 0.0616. The van der Waals surface area contributed by atoms with E-state index < -0.39 is 45.2 Å². The van der Waals surface area contributed by atoms with Gasteiger partial charge >= 0.3 is 12.6 Å². The fourth-order valence-electron chi connectivity index (χ4n) is 2.63. The zero-order valence-electron chi connectivity index (χ0n) is 12.4. The molecule has 1 aliphatic carbocycles. The van der Waals surface area contributed by atoms with E-state index in [1.165, 1.54) is 6.07 Å². The number of carbonyl (C=O) groups is 1. The molecule has 0 amide bonds. The van der Waals surface area contributed by atoms with Gasteiger partial charge in [0, 0.05) is 11.1 Å². The fraction of sp³-hybridized carbons (Fsp3) is 0.500. The molecular weight excluding hydrogens is 368 g/mol. The zero-order valence-corrected chi connectivity index (χ0v) is 14.0. The van der Waals surface area contributed by atoms with Gasteiger partial charge in [0.2, 0.25) is 10.0 Å². The molecule has 1 saturated carbocycles. The summed E-state index contributed by atoms with van der Waals surface area (Å²) in [6.45, 7) is -3.17. The highest BCUT2D eigenvalue weighted by atomic mass is 35.5. The largest absolute Gasteiger partial charge is 0.481 e. The number of ether oxygens (including phenoxy) is 1. The molecule has 0 bridgehead atoms. The quantitative estimate of drug-likeness (QED) is 0.788. The summed E-state index contributed by atoms with van der Waals surface area (Å²) in [5.74, 6) is -1.89. The predicted octanol–water partition coefficient (Wildman–Crippen LogP) is 2.86. The smallest absolute Gasteiger partial charge is 0.387 e. The first-order valence-electron chi connectivity index (χ1n) is 7.18. The highest BCUT2D eigenvalue weighted by Gasteiger charge is 2.30. The highest BCUT2D eigenvalue weighted by Crippen LogP contribution is 2.30. The summed E-state index contributed by atoms with van der Waals surface area (Å²) in [5.41, 5.74) is 0. The standard InChI is InChI=1S/C14H16ClF2NO5S/c15-9-3-6-11(23-14(16)17)12(7-9)24(21,22)18-10-4-1-8(2-5-10)13(19)20/h3,6-8,10,14,18H,1-2,4-5H2,(H,19,20). The highest BCUT2D eigenvalue weighted by molar-refractivity contribution is 7.89. The summed E-state index contributed by atoms with van der Waals surface area (Å²) in [7, 11) is -4.14. The molecule has 1 aromatic carbocycles. The second-order valence-corrected chi connectivity index (χ2v) is 7.60. The molecule has 0 aliphatic heterocycles. The third kappa shape index (κ3) is 4.78. The number of hydrogen-bond donors (Lipinski definition) is 2. The first kappa shape index (κ1) is 18.9. The van der Waals surface area contributed by atoms with Crippen LogP contribution in [0.5, 0.6) is 5.75 Å². The number of carboxylic acids is 1. The van der Waals surface area contributed by atoms with E-state index in [1.54, 1.807) is 0 Å². The van der Waals surface area contributed by atoms with Crippen LogP contribution < -0.4 is 9.46 Å². The molecule has 10 heteroatoms. The van der Waals surface area contributed by atoms with Crippen LogP contribution in [0.15, 0.2) is 23.1 Å². The van der Waals surface area contributed by atoms with Crippen LogP contribution in [0.25, 0.3) is 0 Å². The van der Waals surface area contributed by atoms with Crippen molar-refractivity contribution in [3.8, 4) is 5.75 Å². The lowest BCUT2D eigenvalue weighted by molar-refractivity contribution is -0.142. The maximum absolute atomic E-state index is 12.5. The van der Waals surface area contributed by atoms with Gasteiger partial charge in [-0.25, -0.2) is 13.1 Å². The van der Waals surface area contributed by atoms with Crippen LogP contribution >= 0.6 is 11.6 Å². The Balaban J connectivity index is 2.16. The molecule has 2 rings (SSSR count). The van der Waals surface area contributed by atoms with Gasteiger partial charge in [0.1, 0.15) is 10.6 Å². The molecule has 0 heterocycles. The van der Waals surface area contributed by atoms with E-state index in [-0.39, 0.29) is 5.02 Å². The molecule has 0 radical (unpaired) electrons. The molecule has 1 aromatic rings. The Morgan fingerprint density at radius 3 is 2.46 bits per heavy atom. The Labute approximate surface area is 142 Å². The van der Waals surface area contributed by atoms with Gasteiger partial charge in [0.15, 0.2) is 0 Å². The first-order chi connectivity index (χ1) is 11.2. The lowest BCUT2D eigenvalue weighted by Crippen LogP contribution is -2.38. The molecular formula is C14H16ClF2NO5S. The van der Waals surface area contributed by atoms with Crippen LogP contribution in [0.2, 0.25) is 5.02 Å². The number of hydrogen-bond acceptors (Lipinski definition) is 4. The number of halogens is 3. The number of rotatable bonds is 6. The molecule has 24 heavy (non-hydrogen) atoms. The number of nitrogens with one attached hydrogen (secondary N) is 1. The first-order valence-corrected chi connectivity index (χ1v) is 9.04. The Morgan fingerprint density at radius 2 is 1.92 bits per heavy atom. The Morgan fingerprint density at radius 1 is 1.29 bits per heavy atom. The topological polar surface area (TPSA) is 92.7 Å². The van der Waals surface area contributed by atoms with Gasteiger partial charge in [0.25, 0.3) is 0 Å². The number of alkyl halides is 2. The summed E-state index contributed by atoms with van der Waals surface area (Å²) in [6.07, 6.45) is 1.39. The summed E-state index contributed by atoms with van der Waals surface area (Å²) in [4.78, 5) is 10.4. The molecule has 2 N–H and O–H groups in total. The van der Waals surface area contributed by atoms with Crippen molar-refractivity contribution in [2.75, 3.05) is 0 Å². The Hall–Kier alpha value is -1.45. The van der Waals surface area contributed by atoms with E-state index in [0.717, 1.165) is 12.1 Å². The molecule has 1 fully saturated rings. The summed E-state index contributed by atoms with van der Waals surface area (Å²) >= 11 is 5.76. The molecule has 6 nitrogen and oxygen atoms in total. The normalized spacial score (nSPS) is 21.7. The summed E-state index contributed by atoms with van der Waals surface area (Å²) in [6, 6.07) is 2.87. The molecule has 0 spiro atoms. The van der Waals surface area contributed by atoms with E-state index in [1.807, 2.05) is 0 Å². The minimum atomic E-state index is -4.14. The molecule has 0 aromatic heterocycles. The molecule has 0 saturated heterocycles. The second kappa shape index (κ2) is 7.62. The van der Waals surface area contributed by atoms with Gasteiger partial charge in [-0.15, -0.1) is 0 Å². The van der Waals surface area contributed by atoms with Gasteiger partial charge < -0.3 is 9.84 Å². The van der Waals surface area contributed by atoms with Gasteiger partial charge in [-0.2, -0.15) is 8.78 Å². The molecule has 0 unspecified atom stereocenters. The van der Waals surface area contributed by atoms with Crippen molar-refractivity contribution in [1.29, 1.82) is 0 Å². The van der Waals surface area contributed by atoms with Crippen molar-refractivity contribution < 1.29 is 31.8 Å². The van der Waals surface area contributed by atoms with Crippen molar-refractivity contribution in [1.82, 2.24) is 4.72 Å². The van der Waals surface area contributed by atoms with Crippen LogP contribution in [0.4, 0.5) is 8.78 Å². The number of benzene rings is 1. The average molecular weight is 384 g/mol. The molecule has 1 aliphatic rings. The average Bonchev–Trinajstić information content (AvgIpc) is 2.48. The van der Waals surface area contributed by atoms with Crippen LogP contribution in [-0.2, 0) is 14.8 Å². The third-order valence-corrected chi connectivity index (χ3v) is 5.59. The fourth-order valence-corrected chi connectivity index (χ4v) is 4.33. The van der Waals surface area contributed by atoms with Crippen LogP contribution in [0.3, 0.4) is 0 Å². The Bertz CT molecular complexity index is 705. The van der Waals surface area contributed by atoms with E-state index in [2.05, 4.69) is 9.46 Å². The van der Waals surface area contributed by atoms with Crippen molar-refractivity contribution in [3.05, 3.63) is 23.2 Å². The van der Waals surface area contributed by atoms with Crippen molar-refractivity contribution in [2.45, 2.75) is 43.2 Å². The van der Waals surface area contributed by atoms with Crippen LogP contribution in [0, 0.1) is 5.92 Å². The van der Waals surface area contributed by atoms with E-state index >= 15 is 0 Å². The van der Waals surface area contributed by atoms with E-state index in [4.69, 9.17) is 16.7 Å². The van der Waals surface area contributed by atoms with Gasteiger partial charge in [-0.05, 0) is 43.9 Å². The lowest BCUT2D eigenvalue weighted by Gasteiger charge is -2.26. The van der Waals surface area contributed by atoms with Gasteiger partial charge in [0.05, 0.1) is 5.92 Å². The maximum atomic E-state index is 12.5. The van der Waals surface area contributed by atoms with Crippen LogP contribution in [0.1, 0.15) is 25.7 Å². The van der Waals surface area contributed by atoms with Crippen molar-refractivity contribution in [2.24, 2.45) is 5.92 Å². The number of aliphatic carboxylic acids is 1. The number of sulfonamides is 1. The number of carboxylic acid groups (broad SMARTS) is 1. The van der Waals surface area contributed by atoms with Gasteiger partial charge in [-0.1, -0.05) is 11.6 Å². The maximum Gasteiger partial charge on any atom is 0.387 e. The SMILES string of the molecule is O=C(O)C1CCC(NS(=O)(=O)c2cc(Cl)ccc2OC(F)F)CC1. The van der Waals surface area contributed by atoms with E-state index in [0.29, 0.717) is 25.7 Å². The third-order valence-electron chi connectivity index (χ3n) is 3.81. The predicted molar refractivity (Wildman–Crippen MR) is 81.8 cm³/mol. The van der Waals surface area contributed by atoms with E-state index in [9.17, 15) is 22.0 Å². The summed E-state index contributed by atoms with van der Waals surface area (Å²) < 4.78 is 56.4. The van der Waals surface area contributed by atoms with Crippen LogP contribution in [-0.4, -0.2) is 32.1 Å². The van der Waals surface area contributed by atoms with Gasteiger partial charge in [-0.3, -0.25) is 4.79 Å². The molecule has 0 atom stereocenters.